The van der Waals surface area contributed by atoms with Gasteiger partial charge < -0.3 is 4.90 Å². The second-order valence-electron chi connectivity index (χ2n) is 6.22. The summed E-state index contributed by atoms with van der Waals surface area (Å²) in [5, 5.41) is 4.27. The minimum Gasteiger partial charge on any atom is -0.354 e. The van der Waals surface area contributed by atoms with Gasteiger partial charge in [-0.25, -0.2) is 9.97 Å². The van der Waals surface area contributed by atoms with Crippen LogP contribution < -0.4 is 4.90 Å². The van der Waals surface area contributed by atoms with Crippen molar-refractivity contribution in [3.8, 4) is 0 Å². The Balaban J connectivity index is 1.47. The van der Waals surface area contributed by atoms with E-state index in [4.69, 9.17) is 0 Å². The molecule has 0 bridgehead atoms. The van der Waals surface area contributed by atoms with Crippen molar-refractivity contribution in [1.82, 2.24) is 34.0 Å². The van der Waals surface area contributed by atoms with Crippen molar-refractivity contribution in [3.63, 3.8) is 0 Å². The fraction of sp³-hybridized carbons (Fsp3) is 0.500. The molecule has 1 fully saturated rings. The lowest BCUT2D eigenvalue weighted by Gasteiger charge is -2.35. The van der Waals surface area contributed by atoms with Crippen molar-refractivity contribution < 1.29 is 8.78 Å². The number of nitrogens with zero attached hydrogens (tertiary/aromatic N) is 8. The highest BCUT2D eigenvalue weighted by atomic mass is 19.3. The van der Waals surface area contributed by atoms with Gasteiger partial charge in [-0.3, -0.25) is 9.47 Å². The van der Waals surface area contributed by atoms with Gasteiger partial charge in [0.05, 0.1) is 6.54 Å². The number of aromatic nitrogens is 6. The Bertz CT molecular complexity index is 881. The minimum absolute atomic E-state index is 0.393. The molecule has 0 radical (unpaired) electrons. The van der Waals surface area contributed by atoms with E-state index in [9.17, 15) is 8.78 Å². The van der Waals surface area contributed by atoms with E-state index < -0.39 is 6.55 Å². The number of hydrogen-bond donors (Lipinski definition) is 0. The third-order valence-electron chi connectivity index (χ3n) is 4.67. The maximum absolute atomic E-state index is 13.0. The van der Waals surface area contributed by atoms with Gasteiger partial charge in [0.1, 0.15) is 18.0 Å². The third kappa shape index (κ3) is 3.12. The first-order valence-corrected chi connectivity index (χ1v) is 8.62. The van der Waals surface area contributed by atoms with E-state index in [-0.39, 0.29) is 0 Å². The van der Waals surface area contributed by atoms with Crippen molar-refractivity contribution in [3.05, 3.63) is 36.3 Å². The number of alkyl halides is 2. The SMILES string of the molecule is CCc1cc(N2CCN(Cc3nccn3C(F)F)CC2)n2ncnc2n1. The van der Waals surface area contributed by atoms with Crippen molar-refractivity contribution >= 4 is 11.6 Å². The Kier molecular flexibility index (Phi) is 4.49. The first kappa shape index (κ1) is 16.8. The Labute approximate surface area is 149 Å². The first-order chi connectivity index (χ1) is 12.7. The summed E-state index contributed by atoms with van der Waals surface area (Å²) in [5.41, 5.74) is 0.974. The largest absolute Gasteiger partial charge is 0.354 e. The number of hydrogen-bond acceptors (Lipinski definition) is 6. The maximum Gasteiger partial charge on any atom is 0.319 e. The van der Waals surface area contributed by atoms with Crippen molar-refractivity contribution in [2.24, 2.45) is 0 Å². The molecule has 8 nitrogen and oxygen atoms in total. The highest BCUT2D eigenvalue weighted by Gasteiger charge is 2.22. The fourth-order valence-corrected chi connectivity index (χ4v) is 3.23. The van der Waals surface area contributed by atoms with Gasteiger partial charge in [-0.2, -0.15) is 23.4 Å². The summed E-state index contributed by atoms with van der Waals surface area (Å²) in [6.45, 7) is 2.99. The lowest BCUT2D eigenvalue weighted by atomic mass is 10.2. The number of fused-ring (bicyclic) bond motifs is 1. The fourth-order valence-electron chi connectivity index (χ4n) is 3.23. The van der Waals surface area contributed by atoms with Crippen LogP contribution >= 0.6 is 0 Å². The average Bonchev–Trinajstić information content (AvgIpc) is 3.30. The van der Waals surface area contributed by atoms with E-state index in [0.717, 1.165) is 48.7 Å². The van der Waals surface area contributed by atoms with Gasteiger partial charge in [0.2, 0.25) is 0 Å². The molecule has 138 valence electrons. The molecule has 3 aromatic heterocycles. The van der Waals surface area contributed by atoms with Crippen LogP contribution in [0.3, 0.4) is 0 Å². The van der Waals surface area contributed by atoms with Gasteiger partial charge in [-0.05, 0) is 6.42 Å². The highest BCUT2D eigenvalue weighted by Crippen LogP contribution is 2.20. The summed E-state index contributed by atoms with van der Waals surface area (Å²) in [6, 6.07) is 2.04. The quantitative estimate of drug-likeness (QED) is 0.687. The molecule has 4 rings (SSSR count). The van der Waals surface area contributed by atoms with Gasteiger partial charge in [0, 0.05) is 50.3 Å². The third-order valence-corrected chi connectivity index (χ3v) is 4.67. The summed E-state index contributed by atoms with van der Waals surface area (Å²) >= 11 is 0. The lowest BCUT2D eigenvalue weighted by molar-refractivity contribution is 0.0636. The van der Waals surface area contributed by atoms with E-state index >= 15 is 0 Å². The molecule has 0 N–H and O–H groups in total. The van der Waals surface area contributed by atoms with Gasteiger partial charge >= 0.3 is 6.55 Å². The Morgan fingerprint density at radius 1 is 1.15 bits per heavy atom. The first-order valence-electron chi connectivity index (χ1n) is 8.62. The standard InChI is InChI=1S/C16H20F2N8/c1-2-12-9-14(26-16(22-12)20-11-21-26)24-7-5-23(6-8-24)10-13-19-3-4-25(13)15(17)18/h3-4,9,11,15H,2,5-8,10H2,1H3. The smallest absolute Gasteiger partial charge is 0.319 e. The van der Waals surface area contributed by atoms with E-state index in [1.807, 2.05) is 6.07 Å². The number of rotatable bonds is 5. The molecule has 0 saturated carbocycles. The Morgan fingerprint density at radius 3 is 2.69 bits per heavy atom. The maximum atomic E-state index is 13.0. The normalized spacial score (nSPS) is 16.1. The van der Waals surface area contributed by atoms with Crippen LogP contribution in [0.4, 0.5) is 14.6 Å². The summed E-state index contributed by atoms with van der Waals surface area (Å²) in [4.78, 5) is 17.1. The molecule has 0 aromatic carbocycles. The van der Waals surface area contributed by atoms with Gasteiger partial charge in [0.15, 0.2) is 0 Å². The van der Waals surface area contributed by atoms with Gasteiger partial charge in [0.25, 0.3) is 5.78 Å². The summed E-state index contributed by atoms with van der Waals surface area (Å²) in [6.07, 6.45) is 5.07. The molecule has 0 spiro atoms. The zero-order valence-electron chi connectivity index (χ0n) is 14.5. The molecule has 1 aliphatic heterocycles. The molecule has 0 unspecified atom stereocenters. The molecule has 0 atom stereocenters. The number of anilines is 1. The van der Waals surface area contributed by atoms with Gasteiger partial charge in [-0.15, -0.1) is 0 Å². The van der Waals surface area contributed by atoms with Crippen LogP contribution in [0.5, 0.6) is 0 Å². The molecular formula is C16H20F2N8. The van der Waals surface area contributed by atoms with E-state index in [1.165, 1.54) is 18.7 Å². The molecule has 10 heteroatoms. The predicted molar refractivity (Wildman–Crippen MR) is 91.1 cm³/mol. The summed E-state index contributed by atoms with van der Waals surface area (Å²) < 4.78 is 28.6. The number of halogens is 2. The molecule has 0 aliphatic carbocycles. The molecular weight excluding hydrogens is 342 g/mol. The van der Waals surface area contributed by atoms with Crippen LogP contribution in [-0.4, -0.2) is 60.2 Å². The van der Waals surface area contributed by atoms with Crippen LogP contribution in [0.15, 0.2) is 24.8 Å². The summed E-state index contributed by atoms with van der Waals surface area (Å²) in [7, 11) is 0. The molecule has 0 amide bonds. The highest BCUT2D eigenvalue weighted by molar-refractivity contribution is 5.47. The molecule has 1 saturated heterocycles. The molecule has 1 aliphatic rings. The zero-order valence-corrected chi connectivity index (χ0v) is 14.5. The van der Waals surface area contributed by atoms with Crippen LogP contribution in [-0.2, 0) is 13.0 Å². The average molecular weight is 362 g/mol. The van der Waals surface area contributed by atoms with Crippen LogP contribution in [0, 0.1) is 0 Å². The summed E-state index contributed by atoms with van der Waals surface area (Å²) in [5.74, 6) is 1.96. The Morgan fingerprint density at radius 2 is 1.96 bits per heavy atom. The van der Waals surface area contributed by atoms with E-state index in [1.54, 1.807) is 4.52 Å². The molecule has 26 heavy (non-hydrogen) atoms. The zero-order chi connectivity index (χ0) is 18.1. The van der Waals surface area contributed by atoms with Crippen molar-refractivity contribution in [2.45, 2.75) is 26.4 Å². The second kappa shape index (κ2) is 6.94. The van der Waals surface area contributed by atoms with Crippen LogP contribution in [0.2, 0.25) is 0 Å². The van der Waals surface area contributed by atoms with E-state index in [0.29, 0.717) is 18.1 Å². The Hall–Kier alpha value is -2.62. The van der Waals surface area contributed by atoms with Crippen LogP contribution in [0.25, 0.3) is 5.78 Å². The van der Waals surface area contributed by atoms with Gasteiger partial charge in [-0.1, -0.05) is 6.92 Å². The second-order valence-corrected chi connectivity index (χ2v) is 6.22. The lowest BCUT2D eigenvalue weighted by Crippen LogP contribution is -2.47. The minimum atomic E-state index is -2.56. The van der Waals surface area contributed by atoms with E-state index in [2.05, 4.69) is 36.8 Å². The van der Waals surface area contributed by atoms with Crippen molar-refractivity contribution in [2.75, 3.05) is 31.1 Å². The number of piperazine rings is 1. The topological polar surface area (TPSA) is 67.4 Å². The van der Waals surface area contributed by atoms with Crippen LogP contribution in [0.1, 0.15) is 25.0 Å². The molecule has 3 aromatic rings. The predicted octanol–water partition coefficient (Wildman–Crippen LogP) is 1.60. The monoisotopic (exact) mass is 362 g/mol. The molecule has 4 heterocycles. The van der Waals surface area contributed by atoms with Crippen molar-refractivity contribution in [1.29, 1.82) is 0 Å². The number of aryl methyl sites for hydroxylation is 1. The number of imidazole rings is 1.